The van der Waals surface area contributed by atoms with Crippen molar-refractivity contribution in [1.82, 2.24) is 4.73 Å². The summed E-state index contributed by atoms with van der Waals surface area (Å²) in [5.41, 5.74) is 7.67. The molecule has 6 heteroatoms. The predicted octanol–water partition coefficient (Wildman–Crippen LogP) is 3.87. The van der Waals surface area contributed by atoms with Crippen LogP contribution in [0.4, 0.5) is 11.4 Å². The number of anilines is 2. The highest BCUT2D eigenvalue weighted by Crippen LogP contribution is 2.24. The number of carbonyl (C=O) groups is 2. The Morgan fingerprint density at radius 2 is 1.78 bits per heavy atom. The number of hydrogen-bond acceptors (Lipinski definition) is 4. The standard InChI is InChI=1S/C21H23N3O3/c1-21(2,3)13-19(25)27-24-17-10-9-15(22)11-14(17)12-18(24)20(26)23-16-7-5-4-6-8-16/h4-12H,13,22H2,1-3H3,(H,23,26). The van der Waals surface area contributed by atoms with Crippen molar-refractivity contribution in [3.05, 3.63) is 60.3 Å². The van der Waals surface area contributed by atoms with Gasteiger partial charge in [-0.2, -0.15) is 4.73 Å². The lowest BCUT2D eigenvalue weighted by atomic mass is 9.93. The smallest absolute Gasteiger partial charge is 0.333 e. The Morgan fingerprint density at radius 1 is 1.07 bits per heavy atom. The maximum Gasteiger partial charge on any atom is 0.333 e. The lowest BCUT2D eigenvalue weighted by Gasteiger charge is -2.17. The third kappa shape index (κ3) is 4.47. The van der Waals surface area contributed by atoms with Crippen molar-refractivity contribution in [2.24, 2.45) is 5.41 Å². The van der Waals surface area contributed by atoms with E-state index in [4.69, 9.17) is 10.6 Å². The second-order valence-electron chi connectivity index (χ2n) is 7.66. The fourth-order valence-corrected chi connectivity index (χ4v) is 2.75. The van der Waals surface area contributed by atoms with Crippen molar-refractivity contribution >= 4 is 34.2 Å². The van der Waals surface area contributed by atoms with Gasteiger partial charge in [-0.25, -0.2) is 4.79 Å². The van der Waals surface area contributed by atoms with Gasteiger partial charge in [-0.05, 0) is 41.8 Å². The summed E-state index contributed by atoms with van der Waals surface area (Å²) in [5, 5.41) is 3.53. The minimum Gasteiger partial charge on any atom is -0.399 e. The Labute approximate surface area is 157 Å². The quantitative estimate of drug-likeness (QED) is 0.687. The first kappa shape index (κ1) is 18.5. The van der Waals surface area contributed by atoms with Gasteiger partial charge in [-0.3, -0.25) is 4.79 Å². The van der Waals surface area contributed by atoms with E-state index >= 15 is 0 Å². The molecule has 3 aromatic rings. The van der Waals surface area contributed by atoms with Crippen molar-refractivity contribution in [1.29, 1.82) is 0 Å². The number of amides is 1. The third-order valence-electron chi connectivity index (χ3n) is 3.91. The molecule has 0 fully saturated rings. The van der Waals surface area contributed by atoms with Gasteiger partial charge in [0.15, 0.2) is 0 Å². The van der Waals surface area contributed by atoms with Crippen LogP contribution in [-0.4, -0.2) is 16.6 Å². The zero-order valence-corrected chi connectivity index (χ0v) is 15.7. The summed E-state index contributed by atoms with van der Waals surface area (Å²) >= 11 is 0. The van der Waals surface area contributed by atoms with Gasteiger partial charge in [0, 0.05) is 16.8 Å². The van der Waals surface area contributed by atoms with Gasteiger partial charge in [-0.1, -0.05) is 39.0 Å². The van der Waals surface area contributed by atoms with Crippen LogP contribution < -0.4 is 15.9 Å². The predicted molar refractivity (Wildman–Crippen MR) is 106 cm³/mol. The molecule has 6 nitrogen and oxygen atoms in total. The fraction of sp³-hybridized carbons (Fsp3) is 0.238. The van der Waals surface area contributed by atoms with Gasteiger partial charge in [0.25, 0.3) is 5.91 Å². The molecule has 3 rings (SSSR count). The Morgan fingerprint density at radius 3 is 2.44 bits per heavy atom. The lowest BCUT2D eigenvalue weighted by Crippen LogP contribution is -2.28. The summed E-state index contributed by atoms with van der Waals surface area (Å²) in [4.78, 5) is 30.7. The first-order chi connectivity index (χ1) is 12.7. The molecule has 0 atom stereocenters. The lowest BCUT2D eigenvalue weighted by molar-refractivity contribution is -0.145. The van der Waals surface area contributed by atoms with Crippen LogP contribution in [-0.2, 0) is 4.79 Å². The Hall–Kier alpha value is -3.28. The highest BCUT2D eigenvalue weighted by atomic mass is 16.7. The molecule has 1 amide bonds. The van der Waals surface area contributed by atoms with Crippen LogP contribution in [0.5, 0.6) is 0 Å². The highest BCUT2D eigenvalue weighted by molar-refractivity contribution is 6.06. The fourth-order valence-electron chi connectivity index (χ4n) is 2.75. The number of fused-ring (bicyclic) bond motifs is 1. The molecule has 0 saturated heterocycles. The maximum atomic E-state index is 12.8. The van der Waals surface area contributed by atoms with E-state index in [-0.39, 0.29) is 23.4 Å². The number of benzene rings is 2. The largest absolute Gasteiger partial charge is 0.399 e. The van der Waals surface area contributed by atoms with Crippen LogP contribution in [0, 0.1) is 5.41 Å². The monoisotopic (exact) mass is 365 g/mol. The first-order valence-corrected chi connectivity index (χ1v) is 8.71. The van der Waals surface area contributed by atoms with Crippen LogP contribution in [0.1, 0.15) is 37.7 Å². The summed E-state index contributed by atoms with van der Waals surface area (Å²) in [7, 11) is 0. The molecule has 140 valence electrons. The molecule has 2 aromatic carbocycles. The number of rotatable bonds is 4. The molecule has 3 N–H and O–H groups in total. The first-order valence-electron chi connectivity index (χ1n) is 8.71. The molecule has 0 saturated carbocycles. The normalized spacial score (nSPS) is 11.4. The molecule has 27 heavy (non-hydrogen) atoms. The minimum absolute atomic E-state index is 0.224. The third-order valence-corrected chi connectivity index (χ3v) is 3.91. The summed E-state index contributed by atoms with van der Waals surface area (Å²) < 4.78 is 1.28. The van der Waals surface area contributed by atoms with E-state index in [2.05, 4.69) is 5.32 Å². The van der Waals surface area contributed by atoms with Crippen molar-refractivity contribution in [3.63, 3.8) is 0 Å². The van der Waals surface area contributed by atoms with Gasteiger partial charge in [0.1, 0.15) is 5.69 Å². The van der Waals surface area contributed by atoms with Gasteiger partial charge in [0.2, 0.25) is 0 Å². The van der Waals surface area contributed by atoms with Gasteiger partial charge < -0.3 is 15.9 Å². The van der Waals surface area contributed by atoms with Gasteiger partial charge in [-0.15, -0.1) is 0 Å². The highest BCUT2D eigenvalue weighted by Gasteiger charge is 2.22. The molecule has 1 aromatic heterocycles. The summed E-state index contributed by atoms with van der Waals surface area (Å²) in [6.45, 7) is 5.85. The van der Waals surface area contributed by atoms with Crippen molar-refractivity contribution in [2.75, 3.05) is 11.1 Å². The molecule has 0 bridgehead atoms. The summed E-state index contributed by atoms with van der Waals surface area (Å²) in [5.74, 6) is -0.787. The molecule has 0 aliphatic heterocycles. The van der Waals surface area contributed by atoms with Crippen LogP contribution in [0.2, 0.25) is 0 Å². The van der Waals surface area contributed by atoms with E-state index in [9.17, 15) is 9.59 Å². The molecule has 1 heterocycles. The summed E-state index contributed by atoms with van der Waals surface area (Å²) in [6, 6.07) is 15.9. The number of nitrogens with zero attached hydrogens (tertiary/aromatic N) is 1. The van der Waals surface area contributed by atoms with Crippen molar-refractivity contribution < 1.29 is 14.4 Å². The van der Waals surface area contributed by atoms with Crippen molar-refractivity contribution in [2.45, 2.75) is 27.2 Å². The van der Waals surface area contributed by atoms with Crippen LogP contribution in [0.15, 0.2) is 54.6 Å². The molecule has 0 unspecified atom stereocenters. The molecule has 0 radical (unpaired) electrons. The van der Waals surface area contributed by atoms with Gasteiger partial charge in [0.05, 0.1) is 11.9 Å². The SMILES string of the molecule is CC(C)(C)CC(=O)On1c(C(=O)Nc2ccccc2)cc2cc(N)ccc21. The van der Waals surface area contributed by atoms with E-state index in [1.54, 1.807) is 36.4 Å². The molecule has 0 spiro atoms. The number of nitrogens with two attached hydrogens (primary N) is 1. The number of carbonyl (C=O) groups excluding carboxylic acids is 2. The molecule has 0 aliphatic rings. The average molecular weight is 365 g/mol. The van der Waals surface area contributed by atoms with E-state index in [0.29, 0.717) is 16.9 Å². The Balaban J connectivity index is 1.98. The van der Waals surface area contributed by atoms with Crippen molar-refractivity contribution in [3.8, 4) is 0 Å². The Bertz CT molecular complexity index is 985. The van der Waals surface area contributed by atoms with Crippen LogP contribution >= 0.6 is 0 Å². The average Bonchev–Trinajstić information content (AvgIpc) is 2.91. The van der Waals surface area contributed by atoms with E-state index in [1.165, 1.54) is 4.73 Å². The molecular formula is C21H23N3O3. The summed E-state index contributed by atoms with van der Waals surface area (Å²) in [6.07, 6.45) is 0.224. The topological polar surface area (TPSA) is 86.3 Å². The zero-order chi connectivity index (χ0) is 19.6. The maximum absolute atomic E-state index is 12.8. The van der Waals surface area contributed by atoms with E-state index in [0.717, 1.165) is 5.39 Å². The second kappa shape index (κ2) is 7.15. The molecule has 0 aliphatic carbocycles. The number of para-hydroxylation sites is 1. The van der Waals surface area contributed by atoms with E-state index < -0.39 is 5.97 Å². The zero-order valence-electron chi connectivity index (χ0n) is 15.7. The van der Waals surface area contributed by atoms with Crippen LogP contribution in [0.25, 0.3) is 10.9 Å². The number of nitrogen functional groups attached to an aromatic ring is 1. The number of aromatic nitrogens is 1. The minimum atomic E-state index is -0.411. The van der Waals surface area contributed by atoms with E-state index in [1.807, 2.05) is 39.0 Å². The molecular weight excluding hydrogens is 342 g/mol. The Kier molecular flexibility index (Phi) is 4.90. The number of nitrogens with one attached hydrogen (secondary N) is 1. The second-order valence-corrected chi connectivity index (χ2v) is 7.66. The number of hydrogen-bond donors (Lipinski definition) is 2. The van der Waals surface area contributed by atoms with Gasteiger partial charge >= 0.3 is 5.97 Å². The van der Waals surface area contributed by atoms with Crippen LogP contribution in [0.3, 0.4) is 0 Å².